The summed E-state index contributed by atoms with van der Waals surface area (Å²) in [6.07, 6.45) is -0.497. The van der Waals surface area contributed by atoms with Crippen LogP contribution in [0.3, 0.4) is 0 Å². The second-order valence-electron chi connectivity index (χ2n) is 21.3. The summed E-state index contributed by atoms with van der Waals surface area (Å²) in [5.74, 6) is -0.361. The average molecular weight is 1670 g/mol. The van der Waals surface area contributed by atoms with Gasteiger partial charge in [0.2, 0.25) is 10.6 Å². The van der Waals surface area contributed by atoms with Crippen LogP contribution >= 0.6 is 145 Å². The largest absolute Gasteiger partial charge is 0.478 e. The maximum atomic E-state index is 12.2. The Morgan fingerprint density at radius 2 is 1.02 bits per heavy atom. The summed E-state index contributed by atoms with van der Waals surface area (Å²) in [7, 11) is 4.07. The third kappa shape index (κ3) is 25.9. The maximum absolute atomic E-state index is 12.2. The van der Waals surface area contributed by atoms with Crippen molar-refractivity contribution in [3.05, 3.63) is 159 Å². The molecule has 0 radical (unpaired) electrons. The van der Waals surface area contributed by atoms with Gasteiger partial charge in [0.05, 0.1) is 47.6 Å². The van der Waals surface area contributed by atoms with Crippen molar-refractivity contribution in [1.82, 2.24) is 45.0 Å². The molecule has 0 unspecified atom stereocenters. The molecule has 8 aromatic rings. The molecule has 496 valence electrons. The summed E-state index contributed by atoms with van der Waals surface area (Å²) in [6.45, 7) is 16.8. The normalized spacial score (nSPS) is 12.7. The van der Waals surface area contributed by atoms with Crippen LogP contribution in [0.2, 0.25) is 35.8 Å². The number of anilines is 3. The van der Waals surface area contributed by atoms with E-state index in [2.05, 4.69) is 132 Å². The molecule has 2 fully saturated rings. The number of carbonyl (C=O) groups excluding carboxylic acids is 3. The quantitative estimate of drug-likeness (QED) is 0.0491. The Morgan fingerprint density at radius 3 is 1.50 bits per heavy atom. The first-order valence-electron chi connectivity index (χ1n) is 26.9. The number of halogens is 11. The molecule has 10 N–H and O–H groups in total. The topological polar surface area (TPSA) is 327 Å². The molecule has 34 heteroatoms. The lowest BCUT2D eigenvalue weighted by Crippen LogP contribution is -2.50. The van der Waals surface area contributed by atoms with Crippen molar-refractivity contribution in [1.29, 1.82) is 0 Å². The van der Waals surface area contributed by atoms with Crippen LogP contribution in [0.15, 0.2) is 106 Å². The zero-order valence-corrected chi connectivity index (χ0v) is 62.0. The fourth-order valence-corrected chi connectivity index (χ4v) is 10.3. The van der Waals surface area contributed by atoms with Crippen molar-refractivity contribution in [2.24, 2.45) is 11.5 Å². The van der Waals surface area contributed by atoms with Crippen molar-refractivity contribution < 1.29 is 33.8 Å². The summed E-state index contributed by atoms with van der Waals surface area (Å²) in [4.78, 5) is 94.2. The van der Waals surface area contributed by atoms with E-state index in [9.17, 15) is 24.0 Å². The number of aromatic amines is 2. The Balaban J connectivity index is 0.000000241. The van der Waals surface area contributed by atoms with E-state index in [1.807, 2.05) is 86.0 Å². The predicted molar refractivity (Wildman–Crippen MR) is 383 cm³/mol. The lowest BCUT2D eigenvalue weighted by Gasteiger charge is -2.36. The van der Waals surface area contributed by atoms with E-state index < -0.39 is 28.9 Å². The minimum Gasteiger partial charge on any atom is -0.478 e. The Hall–Kier alpha value is -5.69. The molecule has 2 aliphatic rings. The zero-order chi connectivity index (χ0) is 69.1. The minimum atomic E-state index is -1.08. The van der Waals surface area contributed by atoms with E-state index in [1.54, 1.807) is 28.0 Å². The van der Waals surface area contributed by atoms with Crippen molar-refractivity contribution >= 4 is 219 Å². The highest BCUT2D eigenvalue weighted by Crippen LogP contribution is 2.35. The zero-order valence-electron chi connectivity index (χ0n) is 50.3. The standard InChI is InChI=1S/C17H19BrCl2N4O2.C9H18N2O2.C8H2BrCl3N2.C8H4BrClN2O2.C8H11N.C7H5BrClNO2.CH4N2O/c1-17(2,3)26-16(25)24-6-4-23(5-7-24)14-10-8-12(19)11(18)9-13(10)21-15(20)22-14;1-9(2,3)13-8(12)11-6-4-10-5-7-11;9-4-2-6-3(1-5(4)10)7(11)14-8(12)13-6;9-4-2-6-3(1-5(4)10)7(13)12-8(14)11-6;1-9(2)8-6-4-3-5-7-8;8-4-2-6(10)3(7(11)12)1-5(4)9;2-1(3)4/h8-9H,4-7H2,1-3H3;10H,4-7H2,1-3H3;1-2H;1-2H,(H2,11,12,13,14);3-7H,1-2H3;1-2H,10H2,(H,11,12);(H4,2,3,4). The van der Waals surface area contributed by atoms with Gasteiger partial charge in [0.15, 0.2) is 0 Å². The summed E-state index contributed by atoms with van der Waals surface area (Å²) in [5.41, 5.74) is 15.3. The molecule has 2 aliphatic heterocycles. The number of aromatic carboxylic acids is 1. The number of ether oxygens (including phenoxy) is 2. The van der Waals surface area contributed by atoms with Gasteiger partial charge in [0.25, 0.3) is 5.56 Å². The van der Waals surface area contributed by atoms with Crippen LogP contribution in [0.5, 0.6) is 0 Å². The number of aromatic nitrogens is 6. The first kappa shape index (κ1) is 78.8. The SMILES string of the molecule is CC(C)(C)OC(=O)N1CCN(c2nc(Cl)nc3cc(Br)c(Cl)cc23)CC1.CC(C)(C)OC(=O)N1CCNCC1.CN(C)c1ccccc1.Clc1nc(Cl)c2cc(Cl)c(Br)cc2n1.NC(N)=O.Nc1cc(Br)c(Cl)cc1C(=O)O.O=c1[nH]c(=O)c2cc(Cl)c(Br)cc2[nH]1. The molecule has 5 aromatic carbocycles. The number of primary amides is 2. The van der Waals surface area contributed by atoms with Gasteiger partial charge in [-0.2, -0.15) is 4.98 Å². The second-order valence-corrected chi connectivity index (χ2v) is 27.4. The maximum Gasteiger partial charge on any atom is 0.410 e. The van der Waals surface area contributed by atoms with E-state index in [0.717, 1.165) is 46.3 Å². The number of amides is 4. The van der Waals surface area contributed by atoms with Crippen LogP contribution in [0.1, 0.15) is 51.9 Å². The summed E-state index contributed by atoms with van der Waals surface area (Å²) >= 11 is 54.3. The van der Waals surface area contributed by atoms with Crippen LogP contribution in [-0.2, 0) is 9.47 Å². The van der Waals surface area contributed by atoms with Crippen molar-refractivity contribution in [3.8, 4) is 0 Å². The van der Waals surface area contributed by atoms with E-state index in [1.165, 1.54) is 23.9 Å². The highest BCUT2D eigenvalue weighted by atomic mass is 79.9. The van der Waals surface area contributed by atoms with Gasteiger partial charge in [0, 0.05) is 106 Å². The highest BCUT2D eigenvalue weighted by molar-refractivity contribution is 9.11. The number of fused-ring (bicyclic) bond motifs is 3. The summed E-state index contributed by atoms with van der Waals surface area (Å²) < 4.78 is 13.4. The van der Waals surface area contributed by atoms with Crippen molar-refractivity contribution in [3.63, 3.8) is 0 Å². The molecule has 0 atom stereocenters. The number of carbonyl (C=O) groups is 4. The Kier molecular flexibility index (Phi) is 31.0. The number of piperazine rings is 2. The highest BCUT2D eigenvalue weighted by Gasteiger charge is 2.28. The Morgan fingerprint density at radius 1 is 0.587 bits per heavy atom. The number of hydrogen-bond donors (Lipinski definition) is 7. The fourth-order valence-electron chi connectivity index (χ4n) is 7.62. The van der Waals surface area contributed by atoms with E-state index in [0.29, 0.717) is 87.7 Å². The predicted octanol–water partition coefficient (Wildman–Crippen LogP) is 14.7. The van der Waals surface area contributed by atoms with Gasteiger partial charge in [-0.05, 0) is 189 Å². The molecule has 0 spiro atoms. The molecule has 0 aliphatic carbocycles. The van der Waals surface area contributed by atoms with Crippen LogP contribution in [0, 0.1) is 0 Å². The van der Waals surface area contributed by atoms with E-state index in [4.69, 9.17) is 106 Å². The number of carboxylic acid groups (broad SMARTS) is 1. The first-order chi connectivity index (χ1) is 42.8. The van der Waals surface area contributed by atoms with Crippen LogP contribution in [0.25, 0.3) is 32.7 Å². The van der Waals surface area contributed by atoms with Gasteiger partial charge in [0.1, 0.15) is 22.2 Å². The number of para-hydroxylation sites is 1. The molecular formula is C58H63Br4Cl7N14O9. The molecule has 4 amide bonds. The number of nitrogens with two attached hydrogens (primary N) is 3. The second kappa shape index (κ2) is 36.3. The smallest absolute Gasteiger partial charge is 0.410 e. The van der Waals surface area contributed by atoms with Gasteiger partial charge in [-0.15, -0.1) is 0 Å². The first-order valence-corrected chi connectivity index (χ1v) is 32.7. The number of nitrogens with zero attached hydrogens (tertiary/aromatic N) is 8. The van der Waals surface area contributed by atoms with Gasteiger partial charge in [-0.25, -0.2) is 38.9 Å². The van der Waals surface area contributed by atoms with Gasteiger partial charge >= 0.3 is 29.9 Å². The third-order valence-electron chi connectivity index (χ3n) is 11.7. The molecule has 92 heavy (non-hydrogen) atoms. The van der Waals surface area contributed by atoms with Gasteiger partial charge in [-0.3, -0.25) is 9.78 Å². The Bertz CT molecular complexity index is 4020. The van der Waals surface area contributed by atoms with Crippen LogP contribution in [0.4, 0.5) is 31.6 Å². The lowest BCUT2D eigenvalue weighted by atomic mass is 10.2. The molecule has 10 rings (SSSR count). The molecule has 2 saturated heterocycles. The number of rotatable bonds is 3. The average Bonchev–Trinajstić information content (AvgIpc) is 0.809. The lowest BCUT2D eigenvalue weighted by molar-refractivity contribution is 0.0223. The monoisotopic (exact) mass is 1660 g/mol. The molecular weight excluding hydrogens is 1600 g/mol. The summed E-state index contributed by atoms with van der Waals surface area (Å²) in [5, 5.41) is 16.2. The van der Waals surface area contributed by atoms with E-state index in [-0.39, 0.29) is 39.6 Å². The number of carboxylic acids is 1. The minimum absolute atomic E-state index is 0.0169. The Labute approximate surface area is 597 Å². The van der Waals surface area contributed by atoms with Crippen molar-refractivity contribution in [2.45, 2.75) is 52.7 Å². The number of nitrogen functional groups attached to an aromatic ring is 1. The number of urea groups is 1. The van der Waals surface area contributed by atoms with Crippen LogP contribution < -0.4 is 43.6 Å². The number of benzene rings is 5. The number of H-pyrrole nitrogens is 2. The van der Waals surface area contributed by atoms with Crippen LogP contribution in [-0.4, -0.2) is 147 Å². The number of hydrogen-bond acceptors (Lipinski definition) is 16. The third-order valence-corrected chi connectivity index (χ3v) is 17.1. The number of nitrogens with one attached hydrogen (secondary N) is 3. The molecule has 5 heterocycles. The summed E-state index contributed by atoms with van der Waals surface area (Å²) in [6, 6.07) is 22.4. The fraction of sp³-hybridized carbons (Fsp3) is 0.310. The molecule has 0 saturated carbocycles. The molecule has 0 bridgehead atoms. The van der Waals surface area contributed by atoms with Gasteiger partial charge < -0.3 is 61.7 Å². The molecule has 3 aromatic heterocycles. The van der Waals surface area contributed by atoms with Gasteiger partial charge in [-0.1, -0.05) is 76.2 Å². The van der Waals surface area contributed by atoms with E-state index >= 15 is 0 Å². The van der Waals surface area contributed by atoms with Crippen molar-refractivity contribution in [2.75, 3.05) is 82.0 Å². The molecule has 23 nitrogen and oxygen atoms in total.